The van der Waals surface area contributed by atoms with Crippen LogP contribution in [0.1, 0.15) is 38.5 Å². The zero-order chi connectivity index (χ0) is 9.73. The Morgan fingerprint density at radius 3 is 1.62 bits per heavy atom. The average Bonchev–Trinajstić information content (AvgIpc) is 2.14. The topological polar surface area (TPSA) is 37.4 Å². The van der Waals surface area contributed by atoms with E-state index in [0.29, 0.717) is 13.1 Å². The van der Waals surface area contributed by atoms with Gasteiger partial charge in [0.2, 0.25) is 0 Å². The summed E-state index contributed by atoms with van der Waals surface area (Å²) < 4.78 is 23.5. The van der Waals surface area contributed by atoms with E-state index in [-0.39, 0.29) is 0 Å². The lowest BCUT2D eigenvalue weighted by molar-refractivity contribution is 0.410. The standard InChI is InChI=1S/C8H16ClNO2S/c9-13(11,12)10-7-5-3-1-2-4-6-8-10/h1-8H2. The van der Waals surface area contributed by atoms with Gasteiger partial charge >= 0.3 is 0 Å². The fourth-order valence-electron chi connectivity index (χ4n) is 1.61. The molecule has 0 spiro atoms. The van der Waals surface area contributed by atoms with Crippen LogP contribution in [0.2, 0.25) is 0 Å². The molecule has 0 amide bonds. The van der Waals surface area contributed by atoms with E-state index in [4.69, 9.17) is 10.7 Å². The molecular weight excluding hydrogens is 210 g/mol. The fourth-order valence-corrected chi connectivity index (χ4v) is 2.72. The van der Waals surface area contributed by atoms with E-state index in [1.165, 1.54) is 17.1 Å². The molecule has 1 aliphatic heterocycles. The third kappa shape index (κ3) is 4.29. The molecular formula is C8H16ClNO2S. The summed E-state index contributed by atoms with van der Waals surface area (Å²) in [6.07, 6.45) is 6.54. The molecule has 1 fully saturated rings. The van der Waals surface area contributed by atoms with Crippen LogP contribution in [0.15, 0.2) is 0 Å². The summed E-state index contributed by atoms with van der Waals surface area (Å²) in [5, 5.41) is 0. The Labute approximate surface area is 84.6 Å². The van der Waals surface area contributed by atoms with Gasteiger partial charge in [0.1, 0.15) is 0 Å². The van der Waals surface area contributed by atoms with Gasteiger partial charge in [-0.3, -0.25) is 0 Å². The molecule has 0 aliphatic carbocycles. The molecule has 1 rings (SSSR count). The lowest BCUT2D eigenvalue weighted by atomic mass is 10.1. The number of hydrogen-bond acceptors (Lipinski definition) is 2. The van der Waals surface area contributed by atoms with Crippen LogP contribution < -0.4 is 0 Å². The first kappa shape index (κ1) is 11.3. The Morgan fingerprint density at radius 1 is 0.846 bits per heavy atom. The molecule has 13 heavy (non-hydrogen) atoms. The van der Waals surface area contributed by atoms with Crippen molar-refractivity contribution in [3.63, 3.8) is 0 Å². The predicted molar refractivity (Wildman–Crippen MR) is 54.0 cm³/mol. The van der Waals surface area contributed by atoms with Crippen molar-refractivity contribution >= 4 is 19.9 Å². The summed E-state index contributed by atoms with van der Waals surface area (Å²) in [4.78, 5) is 0. The van der Waals surface area contributed by atoms with Gasteiger partial charge in [-0.05, 0) is 12.8 Å². The number of hydrogen-bond donors (Lipinski definition) is 0. The maximum atomic E-state index is 11.1. The van der Waals surface area contributed by atoms with Crippen molar-refractivity contribution in [3.05, 3.63) is 0 Å². The van der Waals surface area contributed by atoms with Crippen molar-refractivity contribution in [3.8, 4) is 0 Å². The maximum Gasteiger partial charge on any atom is 0.299 e. The normalized spacial score (nSPS) is 23.2. The van der Waals surface area contributed by atoms with Crippen LogP contribution in [0, 0.1) is 0 Å². The quantitative estimate of drug-likeness (QED) is 0.642. The maximum absolute atomic E-state index is 11.1. The summed E-state index contributed by atoms with van der Waals surface area (Å²) in [7, 11) is 1.81. The SMILES string of the molecule is O=S(=O)(Cl)N1CCCCCCCC1. The van der Waals surface area contributed by atoms with Gasteiger partial charge in [0.15, 0.2) is 0 Å². The molecule has 0 aromatic carbocycles. The highest BCUT2D eigenvalue weighted by Crippen LogP contribution is 2.15. The van der Waals surface area contributed by atoms with Gasteiger partial charge in [-0.2, -0.15) is 12.7 Å². The molecule has 3 nitrogen and oxygen atoms in total. The van der Waals surface area contributed by atoms with E-state index in [0.717, 1.165) is 25.7 Å². The minimum atomic E-state index is -3.48. The van der Waals surface area contributed by atoms with E-state index in [1.807, 2.05) is 0 Å². The Morgan fingerprint density at radius 2 is 1.23 bits per heavy atom. The third-order valence-corrected chi connectivity index (χ3v) is 3.94. The second-order valence-electron chi connectivity index (χ2n) is 3.46. The molecule has 1 saturated heterocycles. The first-order chi connectivity index (χ1) is 6.11. The first-order valence-electron chi connectivity index (χ1n) is 4.80. The van der Waals surface area contributed by atoms with E-state index in [2.05, 4.69) is 0 Å². The van der Waals surface area contributed by atoms with Gasteiger partial charge < -0.3 is 0 Å². The Hall–Kier alpha value is 0.200. The van der Waals surface area contributed by atoms with E-state index in [1.54, 1.807) is 0 Å². The molecule has 0 saturated carbocycles. The summed E-state index contributed by atoms with van der Waals surface area (Å²) in [5.74, 6) is 0. The summed E-state index contributed by atoms with van der Waals surface area (Å²) >= 11 is 0. The molecule has 1 aliphatic rings. The highest BCUT2D eigenvalue weighted by molar-refractivity contribution is 8.11. The van der Waals surface area contributed by atoms with Crippen LogP contribution in [0.3, 0.4) is 0 Å². The minimum Gasteiger partial charge on any atom is -0.195 e. The lowest BCUT2D eigenvalue weighted by Crippen LogP contribution is -2.29. The molecule has 0 radical (unpaired) electrons. The molecule has 5 heteroatoms. The third-order valence-electron chi connectivity index (χ3n) is 2.37. The van der Waals surface area contributed by atoms with Crippen molar-refractivity contribution in [2.75, 3.05) is 13.1 Å². The van der Waals surface area contributed by atoms with Crippen LogP contribution in [-0.2, 0) is 9.24 Å². The average molecular weight is 226 g/mol. The van der Waals surface area contributed by atoms with Crippen LogP contribution in [0.4, 0.5) is 0 Å². The van der Waals surface area contributed by atoms with Gasteiger partial charge in [0.25, 0.3) is 9.24 Å². The lowest BCUT2D eigenvalue weighted by Gasteiger charge is -2.16. The monoisotopic (exact) mass is 225 g/mol. The summed E-state index contributed by atoms with van der Waals surface area (Å²) in [5.41, 5.74) is 0. The van der Waals surface area contributed by atoms with Gasteiger partial charge in [-0.25, -0.2) is 0 Å². The summed E-state index contributed by atoms with van der Waals surface area (Å²) in [6.45, 7) is 1.18. The molecule has 1 heterocycles. The van der Waals surface area contributed by atoms with Crippen molar-refractivity contribution in [2.45, 2.75) is 38.5 Å². The van der Waals surface area contributed by atoms with Gasteiger partial charge in [0, 0.05) is 23.8 Å². The second kappa shape index (κ2) is 5.17. The molecule has 0 aromatic rings. The van der Waals surface area contributed by atoms with Gasteiger partial charge in [-0.1, -0.05) is 25.7 Å². The van der Waals surface area contributed by atoms with Crippen LogP contribution in [0.25, 0.3) is 0 Å². The smallest absolute Gasteiger partial charge is 0.195 e. The summed E-state index contributed by atoms with van der Waals surface area (Å²) in [6, 6.07) is 0. The molecule has 78 valence electrons. The van der Waals surface area contributed by atoms with Crippen LogP contribution >= 0.6 is 10.7 Å². The second-order valence-corrected chi connectivity index (χ2v) is 5.97. The zero-order valence-electron chi connectivity index (χ0n) is 7.71. The van der Waals surface area contributed by atoms with Crippen molar-refractivity contribution in [1.82, 2.24) is 4.31 Å². The molecule has 0 bridgehead atoms. The first-order valence-corrected chi connectivity index (χ1v) is 7.07. The van der Waals surface area contributed by atoms with Crippen molar-refractivity contribution in [1.29, 1.82) is 0 Å². The number of nitrogens with zero attached hydrogens (tertiary/aromatic N) is 1. The van der Waals surface area contributed by atoms with E-state index >= 15 is 0 Å². The Kier molecular flexibility index (Phi) is 4.49. The number of halogens is 1. The minimum absolute atomic E-state index is 0.589. The van der Waals surface area contributed by atoms with Gasteiger partial charge in [0.05, 0.1) is 0 Å². The van der Waals surface area contributed by atoms with Crippen molar-refractivity contribution in [2.24, 2.45) is 0 Å². The highest BCUT2D eigenvalue weighted by Gasteiger charge is 2.18. The Bertz CT molecular complexity index is 231. The molecule has 0 aromatic heterocycles. The highest BCUT2D eigenvalue weighted by atomic mass is 35.7. The zero-order valence-corrected chi connectivity index (χ0v) is 9.28. The molecule has 0 N–H and O–H groups in total. The van der Waals surface area contributed by atoms with E-state index < -0.39 is 9.24 Å². The van der Waals surface area contributed by atoms with Gasteiger partial charge in [-0.15, -0.1) is 0 Å². The van der Waals surface area contributed by atoms with Crippen molar-refractivity contribution < 1.29 is 8.42 Å². The van der Waals surface area contributed by atoms with Crippen LogP contribution in [0.5, 0.6) is 0 Å². The molecule has 0 unspecified atom stereocenters. The van der Waals surface area contributed by atoms with E-state index in [9.17, 15) is 8.42 Å². The van der Waals surface area contributed by atoms with Crippen LogP contribution in [-0.4, -0.2) is 25.8 Å². The number of rotatable bonds is 1. The largest absolute Gasteiger partial charge is 0.299 e. The molecule has 0 atom stereocenters. The predicted octanol–water partition coefficient (Wildman–Crippen LogP) is 2.13. The Balaban J connectivity index is 2.51. The fraction of sp³-hybridized carbons (Fsp3) is 1.00.